The summed E-state index contributed by atoms with van der Waals surface area (Å²) in [6.45, 7) is 2.16. The zero-order valence-electron chi connectivity index (χ0n) is 26.8. The number of carbonyl (C=O) groups excluding carboxylic acids is 5. The molecule has 1 saturated heterocycles. The fraction of sp³-hybridized carbons (Fsp3) is 0.548. The number of likely N-dealkylation sites (tertiary alicyclic amines) is 1. The number of rotatable bonds is 17. The molecule has 1 aliphatic heterocycles. The third-order valence-corrected chi connectivity index (χ3v) is 8.86. The molecule has 1 aromatic carbocycles. The number of aromatic nitrogens is 1. The summed E-state index contributed by atoms with van der Waals surface area (Å²) in [5.74, 6) is -5.65. The third-order valence-electron chi connectivity index (χ3n) is 8.49. The van der Waals surface area contributed by atoms with Crippen LogP contribution < -0.4 is 27.0 Å². The fourth-order valence-corrected chi connectivity index (χ4v) is 5.70. The lowest BCUT2D eigenvalue weighted by Gasteiger charge is -2.31. The highest BCUT2D eigenvalue weighted by molar-refractivity contribution is 7.80. The average Bonchev–Trinajstić information content (AvgIpc) is 3.74. The number of nitrogens with zero attached hydrogens (tertiary/aromatic N) is 1. The van der Waals surface area contributed by atoms with E-state index in [9.17, 15) is 44.1 Å². The summed E-state index contributed by atoms with van der Waals surface area (Å²) in [7, 11) is 0. The van der Waals surface area contributed by atoms with Crippen molar-refractivity contribution < 1.29 is 44.1 Å². The molecule has 0 bridgehead atoms. The van der Waals surface area contributed by atoms with E-state index in [0.29, 0.717) is 18.4 Å². The number of nitrogens with one attached hydrogen (secondary N) is 5. The molecule has 10 N–H and O–H groups in total. The molecule has 264 valence electrons. The maximum Gasteiger partial charge on any atom is 0.327 e. The Kier molecular flexibility index (Phi) is 14.2. The van der Waals surface area contributed by atoms with Gasteiger partial charge in [0.15, 0.2) is 0 Å². The first-order valence-electron chi connectivity index (χ1n) is 15.7. The summed E-state index contributed by atoms with van der Waals surface area (Å²) in [5.41, 5.74) is 7.20. The van der Waals surface area contributed by atoms with E-state index in [4.69, 9.17) is 5.73 Å². The number of para-hydroxylation sites is 1. The number of hydrogen-bond donors (Lipinski definition) is 10. The summed E-state index contributed by atoms with van der Waals surface area (Å²) < 4.78 is 0. The molecule has 7 atom stereocenters. The normalized spacial score (nSPS) is 18.2. The second kappa shape index (κ2) is 17.8. The van der Waals surface area contributed by atoms with Gasteiger partial charge < -0.3 is 52.2 Å². The second-order valence-electron chi connectivity index (χ2n) is 11.8. The van der Waals surface area contributed by atoms with Crippen LogP contribution >= 0.6 is 12.6 Å². The zero-order chi connectivity index (χ0) is 35.5. The van der Waals surface area contributed by atoms with Crippen LogP contribution in [-0.4, -0.2) is 122 Å². The molecule has 16 nitrogen and oxygen atoms in total. The van der Waals surface area contributed by atoms with E-state index < -0.39 is 90.9 Å². The van der Waals surface area contributed by atoms with Crippen LogP contribution in [0.4, 0.5) is 0 Å². The molecule has 0 aliphatic carbocycles. The minimum Gasteiger partial charge on any atom is -0.480 e. The molecular weight excluding hydrogens is 646 g/mol. The number of aliphatic hydroxyl groups excluding tert-OH is 2. The molecule has 0 unspecified atom stereocenters. The van der Waals surface area contributed by atoms with Gasteiger partial charge in [-0.1, -0.05) is 38.5 Å². The summed E-state index contributed by atoms with van der Waals surface area (Å²) in [5, 5.41) is 39.7. The van der Waals surface area contributed by atoms with E-state index in [2.05, 4.69) is 38.9 Å². The van der Waals surface area contributed by atoms with Crippen LogP contribution in [0.3, 0.4) is 0 Å². The van der Waals surface area contributed by atoms with Crippen molar-refractivity contribution in [3.05, 3.63) is 36.0 Å². The number of nitrogens with two attached hydrogens (primary N) is 1. The van der Waals surface area contributed by atoms with Gasteiger partial charge in [-0.05, 0) is 30.4 Å². The predicted molar refractivity (Wildman–Crippen MR) is 178 cm³/mol. The molecule has 1 fully saturated rings. The zero-order valence-corrected chi connectivity index (χ0v) is 27.7. The Morgan fingerprint density at radius 1 is 0.979 bits per heavy atom. The average molecular weight is 692 g/mol. The first-order valence-corrected chi connectivity index (χ1v) is 16.4. The molecule has 0 radical (unpaired) electrons. The first kappa shape index (κ1) is 38.3. The number of thiol groups is 1. The fourth-order valence-electron chi connectivity index (χ4n) is 5.45. The number of carbonyl (C=O) groups is 6. The maximum absolute atomic E-state index is 13.7. The van der Waals surface area contributed by atoms with Crippen molar-refractivity contribution in [1.29, 1.82) is 0 Å². The van der Waals surface area contributed by atoms with E-state index in [1.807, 2.05) is 24.3 Å². The minimum atomic E-state index is -1.47. The standard InChI is InChI=1S/C31H45N7O9S/c1-3-16(2)25(29(44)35-22(14-40)30(45)38-10-6-9-24(38)28(43)36-23(15-48)31(46)47)37-27(42)21(34-26(41)19(32)13-39)11-17-12-33-20-8-5-4-7-18(17)20/h4-5,7-8,12,16,19,21-25,33,39-40,48H,3,6,9-11,13-15,32H2,1-2H3,(H,34,41)(H,35,44)(H,36,43)(H,37,42)(H,46,47)/t16-,19-,21-,22-,23-,24-,25-/m0/s1. The smallest absolute Gasteiger partial charge is 0.327 e. The van der Waals surface area contributed by atoms with Crippen molar-refractivity contribution in [2.24, 2.45) is 11.7 Å². The number of aliphatic carboxylic acids is 1. The van der Waals surface area contributed by atoms with Crippen molar-refractivity contribution in [2.75, 3.05) is 25.5 Å². The van der Waals surface area contributed by atoms with Crippen LogP contribution in [-0.2, 0) is 35.2 Å². The van der Waals surface area contributed by atoms with Gasteiger partial charge in [-0.2, -0.15) is 12.6 Å². The second-order valence-corrected chi connectivity index (χ2v) is 12.2. The lowest BCUT2D eigenvalue weighted by Crippen LogP contribution is -2.61. The minimum absolute atomic E-state index is 0.0146. The van der Waals surface area contributed by atoms with Crippen LogP contribution in [0.25, 0.3) is 10.9 Å². The van der Waals surface area contributed by atoms with E-state index >= 15 is 0 Å². The monoisotopic (exact) mass is 691 g/mol. The van der Waals surface area contributed by atoms with Gasteiger partial charge in [0.25, 0.3) is 0 Å². The molecule has 48 heavy (non-hydrogen) atoms. The van der Waals surface area contributed by atoms with Gasteiger partial charge >= 0.3 is 5.97 Å². The lowest BCUT2D eigenvalue weighted by atomic mass is 9.96. The Morgan fingerprint density at radius 2 is 1.67 bits per heavy atom. The number of carboxylic acid groups (broad SMARTS) is 1. The van der Waals surface area contributed by atoms with E-state index in [1.165, 1.54) is 4.90 Å². The van der Waals surface area contributed by atoms with E-state index in [0.717, 1.165) is 10.9 Å². The van der Waals surface area contributed by atoms with Crippen molar-refractivity contribution in [1.82, 2.24) is 31.2 Å². The molecule has 5 amide bonds. The Labute approximate surface area is 283 Å². The first-order chi connectivity index (χ1) is 22.9. The lowest BCUT2D eigenvalue weighted by molar-refractivity contribution is -0.145. The number of aliphatic hydroxyl groups is 2. The SMILES string of the molecule is CC[C@H](C)[C@H](NC(=O)[C@H](Cc1c[nH]c2ccccc12)NC(=O)[C@@H](N)CO)C(=O)N[C@@H](CO)C(=O)N1CCC[C@H]1C(=O)N[C@@H](CS)C(=O)O. The van der Waals surface area contributed by atoms with Gasteiger partial charge in [-0.25, -0.2) is 4.79 Å². The van der Waals surface area contributed by atoms with Crippen LogP contribution in [0.2, 0.25) is 0 Å². The molecule has 3 rings (SSSR count). The topological polar surface area (TPSA) is 256 Å². The van der Waals surface area contributed by atoms with Crippen molar-refractivity contribution in [3.63, 3.8) is 0 Å². The number of hydrogen-bond acceptors (Lipinski definition) is 10. The number of aromatic amines is 1. The Bertz CT molecular complexity index is 1470. The number of benzene rings is 1. The summed E-state index contributed by atoms with van der Waals surface area (Å²) in [6.07, 6.45) is 2.82. The van der Waals surface area contributed by atoms with E-state index in [-0.39, 0.29) is 25.1 Å². The van der Waals surface area contributed by atoms with Gasteiger partial charge in [0.1, 0.15) is 36.3 Å². The molecule has 2 heterocycles. The Morgan fingerprint density at radius 3 is 2.29 bits per heavy atom. The van der Waals surface area contributed by atoms with Crippen LogP contribution in [0, 0.1) is 5.92 Å². The van der Waals surface area contributed by atoms with Crippen molar-refractivity contribution >= 4 is 59.0 Å². The van der Waals surface area contributed by atoms with Gasteiger partial charge in [0, 0.05) is 35.8 Å². The van der Waals surface area contributed by atoms with Crippen molar-refractivity contribution in [3.8, 4) is 0 Å². The maximum atomic E-state index is 13.7. The predicted octanol–water partition coefficient (Wildman–Crippen LogP) is -1.99. The number of H-pyrrole nitrogens is 1. The van der Waals surface area contributed by atoms with Crippen LogP contribution in [0.1, 0.15) is 38.7 Å². The third kappa shape index (κ3) is 9.46. The van der Waals surface area contributed by atoms with Crippen LogP contribution in [0.15, 0.2) is 30.5 Å². The molecule has 17 heteroatoms. The summed E-state index contributed by atoms with van der Waals surface area (Å²) in [4.78, 5) is 82.0. The summed E-state index contributed by atoms with van der Waals surface area (Å²) in [6, 6.07) is -0.113. The molecule has 0 saturated carbocycles. The Balaban J connectivity index is 1.79. The van der Waals surface area contributed by atoms with Gasteiger partial charge in [0.2, 0.25) is 29.5 Å². The van der Waals surface area contributed by atoms with E-state index in [1.54, 1.807) is 20.0 Å². The molecular formula is C31H45N7O9S. The summed E-state index contributed by atoms with van der Waals surface area (Å²) >= 11 is 3.94. The quantitative estimate of drug-likeness (QED) is 0.0818. The van der Waals surface area contributed by atoms with Gasteiger partial charge in [-0.15, -0.1) is 0 Å². The highest BCUT2D eigenvalue weighted by Gasteiger charge is 2.40. The highest BCUT2D eigenvalue weighted by atomic mass is 32.1. The molecule has 1 aromatic heterocycles. The molecule has 1 aliphatic rings. The molecule has 2 aromatic rings. The highest BCUT2D eigenvalue weighted by Crippen LogP contribution is 2.21. The van der Waals surface area contributed by atoms with Gasteiger partial charge in [-0.3, -0.25) is 24.0 Å². The number of carboxylic acids is 1. The van der Waals surface area contributed by atoms with Crippen LogP contribution in [0.5, 0.6) is 0 Å². The van der Waals surface area contributed by atoms with Gasteiger partial charge in [0.05, 0.1) is 13.2 Å². The Hall–Kier alpha value is -4.19. The largest absolute Gasteiger partial charge is 0.480 e. The number of amides is 5. The number of fused-ring (bicyclic) bond motifs is 1. The van der Waals surface area contributed by atoms with Crippen molar-refractivity contribution in [2.45, 2.75) is 75.8 Å². The molecule has 0 spiro atoms.